The Bertz CT molecular complexity index is 684. The number of benzene rings is 2. The van der Waals surface area contributed by atoms with Crippen LogP contribution in [0.5, 0.6) is 0 Å². The van der Waals surface area contributed by atoms with Crippen LogP contribution in [0.2, 0.25) is 0 Å². The number of Topliss-reactive ketones (excluding diaryl/α,β-unsaturated/α-hetero) is 1. The molecular formula is C18H19FN2O2. The number of hydrogen-bond acceptors (Lipinski definition) is 3. The van der Waals surface area contributed by atoms with E-state index in [1.54, 1.807) is 42.5 Å². The molecule has 5 heteroatoms. The van der Waals surface area contributed by atoms with Crippen LogP contribution in [0.1, 0.15) is 22.8 Å². The lowest BCUT2D eigenvalue weighted by Gasteiger charge is -2.08. The van der Waals surface area contributed by atoms with Gasteiger partial charge in [0.25, 0.3) is 0 Å². The number of ketones is 1. The molecule has 0 aromatic heterocycles. The van der Waals surface area contributed by atoms with Crippen molar-refractivity contribution in [3.05, 3.63) is 65.5 Å². The van der Waals surface area contributed by atoms with Gasteiger partial charge in [0.05, 0.1) is 6.54 Å². The molecule has 0 atom stereocenters. The molecule has 0 radical (unpaired) electrons. The zero-order chi connectivity index (χ0) is 16.7. The molecule has 0 heterocycles. The third-order valence-corrected chi connectivity index (χ3v) is 3.39. The average Bonchev–Trinajstić information content (AvgIpc) is 2.53. The van der Waals surface area contributed by atoms with Crippen LogP contribution in [-0.4, -0.2) is 24.8 Å². The lowest BCUT2D eigenvalue weighted by molar-refractivity contribution is -0.115. The summed E-state index contributed by atoms with van der Waals surface area (Å²) in [7, 11) is 0. The second-order valence-electron chi connectivity index (χ2n) is 5.20. The van der Waals surface area contributed by atoms with Crippen LogP contribution in [0.15, 0.2) is 48.5 Å². The standard InChI is InChI=1S/C18H19FN2O2/c1-13(22)14-6-8-16(9-7-14)21-18(23)12-20-11-10-15-4-2-3-5-17(15)19/h2-9,20H,10-12H2,1H3,(H,21,23). The summed E-state index contributed by atoms with van der Waals surface area (Å²) in [5, 5.41) is 5.71. The molecule has 0 saturated heterocycles. The van der Waals surface area contributed by atoms with Crippen molar-refractivity contribution in [1.29, 1.82) is 0 Å². The molecule has 1 amide bonds. The number of anilines is 1. The molecule has 4 nitrogen and oxygen atoms in total. The predicted molar refractivity (Wildman–Crippen MR) is 88.0 cm³/mol. The number of rotatable bonds is 7. The van der Waals surface area contributed by atoms with E-state index in [9.17, 15) is 14.0 Å². The molecule has 23 heavy (non-hydrogen) atoms. The first-order valence-corrected chi connectivity index (χ1v) is 7.41. The van der Waals surface area contributed by atoms with E-state index < -0.39 is 0 Å². The number of carbonyl (C=O) groups excluding carboxylic acids is 2. The van der Waals surface area contributed by atoms with Crippen LogP contribution in [-0.2, 0) is 11.2 Å². The predicted octanol–water partition coefficient (Wildman–Crippen LogP) is 2.80. The fourth-order valence-electron chi connectivity index (χ4n) is 2.12. The Kier molecular flexibility index (Phi) is 6.00. The third-order valence-electron chi connectivity index (χ3n) is 3.39. The molecule has 120 valence electrons. The molecule has 0 saturated carbocycles. The van der Waals surface area contributed by atoms with E-state index >= 15 is 0 Å². The summed E-state index contributed by atoms with van der Waals surface area (Å²) >= 11 is 0. The summed E-state index contributed by atoms with van der Waals surface area (Å²) in [4.78, 5) is 23.0. The molecule has 2 aromatic rings. The van der Waals surface area contributed by atoms with Gasteiger partial charge < -0.3 is 10.6 Å². The summed E-state index contributed by atoms with van der Waals surface area (Å²) in [5.41, 5.74) is 1.86. The van der Waals surface area contributed by atoms with Crippen molar-refractivity contribution in [2.75, 3.05) is 18.4 Å². The first-order valence-electron chi connectivity index (χ1n) is 7.41. The molecule has 2 rings (SSSR count). The maximum absolute atomic E-state index is 13.4. The molecule has 0 aliphatic carbocycles. The molecule has 0 aliphatic heterocycles. The first kappa shape index (κ1) is 16.8. The van der Waals surface area contributed by atoms with Gasteiger partial charge in [0.1, 0.15) is 5.82 Å². The summed E-state index contributed by atoms with van der Waals surface area (Å²) in [6, 6.07) is 13.3. The Morgan fingerprint density at radius 1 is 1.04 bits per heavy atom. The van der Waals surface area contributed by atoms with E-state index in [1.165, 1.54) is 13.0 Å². The number of hydrogen-bond donors (Lipinski definition) is 2. The van der Waals surface area contributed by atoms with Gasteiger partial charge in [-0.3, -0.25) is 9.59 Å². The highest BCUT2D eigenvalue weighted by molar-refractivity contribution is 5.96. The van der Waals surface area contributed by atoms with Crippen LogP contribution in [0.4, 0.5) is 10.1 Å². The molecule has 0 bridgehead atoms. The van der Waals surface area contributed by atoms with E-state index in [4.69, 9.17) is 0 Å². The van der Waals surface area contributed by atoms with Gasteiger partial charge in [0, 0.05) is 11.3 Å². The maximum atomic E-state index is 13.4. The molecule has 0 aliphatic rings. The summed E-state index contributed by atoms with van der Waals surface area (Å²) < 4.78 is 13.4. The minimum atomic E-state index is -0.232. The van der Waals surface area contributed by atoms with E-state index in [0.717, 1.165) is 0 Å². The molecule has 0 fully saturated rings. The van der Waals surface area contributed by atoms with Crippen molar-refractivity contribution in [2.45, 2.75) is 13.3 Å². The van der Waals surface area contributed by atoms with Gasteiger partial charge in [-0.1, -0.05) is 18.2 Å². The lowest BCUT2D eigenvalue weighted by atomic mass is 10.1. The Hall–Kier alpha value is -2.53. The Labute approximate surface area is 134 Å². The van der Waals surface area contributed by atoms with Crippen molar-refractivity contribution >= 4 is 17.4 Å². The summed E-state index contributed by atoms with van der Waals surface area (Å²) in [6.45, 7) is 2.15. The number of amides is 1. The van der Waals surface area contributed by atoms with Gasteiger partial charge in [-0.15, -0.1) is 0 Å². The van der Waals surface area contributed by atoms with Crippen molar-refractivity contribution in [2.24, 2.45) is 0 Å². The second-order valence-corrected chi connectivity index (χ2v) is 5.20. The molecule has 2 aromatic carbocycles. The summed E-state index contributed by atoms with van der Waals surface area (Å²) in [5.74, 6) is -0.434. The van der Waals surface area contributed by atoms with Crippen molar-refractivity contribution in [3.8, 4) is 0 Å². The van der Waals surface area contributed by atoms with Gasteiger partial charge >= 0.3 is 0 Å². The van der Waals surface area contributed by atoms with E-state index in [1.807, 2.05) is 0 Å². The van der Waals surface area contributed by atoms with E-state index in [0.29, 0.717) is 29.8 Å². The third kappa shape index (κ3) is 5.30. The fraction of sp³-hybridized carbons (Fsp3) is 0.222. The van der Waals surface area contributed by atoms with Gasteiger partial charge in [-0.05, 0) is 55.8 Å². The van der Waals surface area contributed by atoms with Crippen molar-refractivity contribution in [1.82, 2.24) is 5.32 Å². The quantitative estimate of drug-likeness (QED) is 0.610. The monoisotopic (exact) mass is 314 g/mol. The molecule has 0 unspecified atom stereocenters. The van der Waals surface area contributed by atoms with Crippen LogP contribution in [0, 0.1) is 5.82 Å². The SMILES string of the molecule is CC(=O)c1ccc(NC(=O)CNCCc2ccccc2F)cc1. The minimum Gasteiger partial charge on any atom is -0.325 e. The molecule has 2 N–H and O–H groups in total. The lowest BCUT2D eigenvalue weighted by Crippen LogP contribution is -2.29. The van der Waals surface area contributed by atoms with Gasteiger partial charge in [0.15, 0.2) is 5.78 Å². The maximum Gasteiger partial charge on any atom is 0.238 e. The Morgan fingerprint density at radius 3 is 2.39 bits per heavy atom. The Morgan fingerprint density at radius 2 is 1.74 bits per heavy atom. The number of nitrogens with one attached hydrogen (secondary N) is 2. The highest BCUT2D eigenvalue weighted by Gasteiger charge is 2.04. The average molecular weight is 314 g/mol. The highest BCUT2D eigenvalue weighted by Crippen LogP contribution is 2.10. The largest absolute Gasteiger partial charge is 0.325 e. The molecule has 0 spiro atoms. The van der Waals surface area contributed by atoms with Crippen LogP contribution < -0.4 is 10.6 Å². The smallest absolute Gasteiger partial charge is 0.238 e. The first-order chi connectivity index (χ1) is 11.1. The van der Waals surface area contributed by atoms with Gasteiger partial charge in [0.2, 0.25) is 5.91 Å². The number of halogens is 1. The molecular weight excluding hydrogens is 295 g/mol. The van der Waals surface area contributed by atoms with Crippen LogP contribution in [0.25, 0.3) is 0 Å². The zero-order valence-electron chi connectivity index (χ0n) is 12.9. The normalized spacial score (nSPS) is 10.3. The van der Waals surface area contributed by atoms with E-state index in [-0.39, 0.29) is 24.1 Å². The number of carbonyl (C=O) groups is 2. The van der Waals surface area contributed by atoms with Crippen LogP contribution in [0.3, 0.4) is 0 Å². The minimum absolute atomic E-state index is 0.0160. The fourth-order valence-corrected chi connectivity index (χ4v) is 2.12. The topological polar surface area (TPSA) is 58.2 Å². The van der Waals surface area contributed by atoms with Crippen molar-refractivity contribution < 1.29 is 14.0 Å². The zero-order valence-corrected chi connectivity index (χ0v) is 12.9. The van der Waals surface area contributed by atoms with Crippen LogP contribution >= 0.6 is 0 Å². The Balaban J connectivity index is 1.73. The summed E-state index contributed by atoms with van der Waals surface area (Å²) in [6.07, 6.45) is 0.521. The second kappa shape index (κ2) is 8.19. The van der Waals surface area contributed by atoms with Gasteiger partial charge in [-0.2, -0.15) is 0 Å². The highest BCUT2D eigenvalue weighted by atomic mass is 19.1. The van der Waals surface area contributed by atoms with E-state index in [2.05, 4.69) is 10.6 Å². The van der Waals surface area contributed by atoms with Crippen molar-refractivity contribution in [3.63, 3.8) is 0 Å². The van der Waals surface area contributed by atoms with Gasteiger partial charge in [-0.25, -0.2) is 4.39 Å².